The van der Waals surface area contributed by atoms with Crippen LogP contribution in [0, 0.1) is 16.7 Å². The van der Waals surface area contributed by atoms with Gasteiger partial charge in [0, 0.05) is 11.6 Å². The number of rotatable bonds is 3. The van der Waals surface area contributed by atoms with E-state index in [1.807, 2.05) is 24.3 Å². The van der Waals surface area contributed by atoms with Crippen molar-refractivity contribution in [3.63, 3.8) is 0 Å². The molecule has 30 heavy (non-hydrogen) atoms. The molecule has 1 unspecified atom stereocenters. The molecule has 4 rings (SSSR count). The van der Waals surface area contributed by atoms with Crippen LogP contribution < -0.4 is 5.32 Å². The van der Waals surface area contributed by atoms with Crippen LogP contribution in [0.2, 0.25) is 0 Å². The van der Waals surface area contributed by atoms with Crippen LogP contribution in [0.15, 0.2) is 24.3 Å². The van der Waals surface area contributed by atoms with Crippen molar-refractivity contribution in [3.05, 3.63) is 35.4 Å². The van der Waals surface area contributed by atoms with E-state index in [1.54, 1.807) is 0 Å². The Kier molecular flexibility index (Phi) is 6.49. The second kappa shape index (κ2) is 8.95. The maximum atomic E-state index is 12.8. The molecular weight excluding hydrogens is 382 g/mol. The summed E-state index contributed by atoms with van der Waals surface area (Å²) < 4.78 is 22.6. The van der Waals surface area contributed by atoms with Gasteiger partial charge in [-0.25, -0.2) is 0 Å². The number of carbonyl (C=O) groups is 1. The van der Waals surface area contributed by atoms with Gasteiger partial charge in [-0.2, -0.15) is 0 Å². The zero-order valence-electron chi connectivity index (χ0n) is 18.4. The average Bonchev–Trinajstić information content (AvgIpc) is 2.74. The van der Waals surface area contributed by atoms with Gasteiger partial charge >= 0.3 is 0 Å². The minimum absolute atomic E-state index is 0.00713. The van der Waals surface area contributed by atoms with Crippen molar-refractivity contribution >= 4 is 5.91 Å². The summed E-state index contributed by atoms with van der Waals surface area (Å²) in [6.45, 7) is 9.13. The summed E-state index contributed by atoms with van der Waals surface area (Å²) in [5, 5.41) is 3.23. The molecule has 1 atom stereocenters. The smallest absolute Gasteiger partial charge is 0.251 e. The highest BCUT2D eigenvalue weighted by molar-refractivity contribution is 5.94. The van der Waals surface area contributed by atoms with E-state index in [0.717, 1.165) is 24.3 Å². The second-order valence-corrected chi connectivity index (χ2v) is 10.2. The van der Waals surface area contributed by atoms with Crippen molar-refractivity contribution in [2.24, 2.45) is 16.7 Å². The van der Waals surface area contributed by atoms with Crippen molar-refractivity contribution in [3.8, 4) is 0 Å². The lowest BCUT2D eigenvalue weighted by atomic mass is 9.71. The maximum absolute atomic E-state index is 12.8. The molecule has 2 heterocycles. The first-order chi connectivity index (χ1) is 14.4. The summed E-state index contributed by atoms with van der Waals surface area (Å²) in [5.74, 6) is 0.747. The standard InChI is InChI=1S/C24H35NO5/c1-23(2,3)19-8-10-20(11-9-19)25-22(26)18-6-4-17(5-7-18)21-24(14-29-16-30-21)12-27-15-28-13-24/h4-7,19-21H,8-16H2,1-3H3,(H,25,26). The first-order valence-electron chi connectivity index (χ1n) is 11.1. The van der Waals surface area contributed by atoms with Crippen LogP contribution in [-0.4, -0.2) is 45.4 Å². The number of ether oxygens (including phenoxy) is 4. The highest BCUT2D eigenvalue weighted by Crippen LogP contribution is 2.42. The fourth-order valence-corrected chi connectivity index (χ4v) is 5.07. The summed E-state index contributed by atoms with van der Waals surface area (Å²) in [7, 11) is 0. The highest BCUT2D eigenvalue weighted by atomic mass is 16.7. The van der Waals surface area contributed by atoms with Crippen molar-refractivity contribution in [1.82, 2.24) is 5.32 Å². The molecule has 2 saturated heterocycles. The summed E-state index contributed by atoms with van der Waals surface area (Å²) in [6.07, 6.45) is 4.31. The predicted octanol–water partition coefficient (Wildman–Crippen LogP) is 4.06. The zero-order valence-corrected chi connectivity index (χ0v) is 18.4. The Balaban J connectivity index is 1.37. The summed E-state index contributed by atoms with van der Waals surface area (Å²) >= 11 is 0. The van der Waals surface area contributed by atoms with Crippen molar-refractivity contribution in [1.29, 1.82) is 0 Å². The Hall–Kier alpha value is -1.47. The SMILES string of the molecule is CC(C)(C)C1CCC(NC(=O)c2ccc(C3OCOCC34COCOC4)cc2)CC1. The van der Waals surface area contributed by atoms with Gasteiger partial charge in [-0.1, -0.05) is 32.9 Å². The van der Waals surface area contributed by atoms with Crippen LogP contribution in [0.25, 0.3) is 0 Å². The van der Waals surface area contributed by atoms with E-state index in [4.69, 9.17) is 18.9 Å². The second-order valence-electron chi connectivity index (χ2n) is 10.2. The Morgan fingerprint density at radius 1 is 0.933 bits per heavy atom. The summed E-state index contributed by atoms with van der Waals surface area (Å²) in [6, 6.07) is 8.02. The van der Waals surface area contributed by atoms with Gasteiger partial charge in [0.05, 0.1) is 31.3 Å². The molecular formula is C24H35NO5. The first kappa shape index (κ1) is 21.8. The van der Waals surface area contributed by atoms with Gasteiger partial charge < -0.3 is 24.3 Å². The molecule has 1 spiro atoms. The van der Waals surface area contributed by atoms with E-state index < -0.39 is 0 Å². The molecule has 0 aromatic heterocycles. The number of nitrogens with one attached hydrogen (secondary N) is 1. The van der Waals surface area contributed by atoms with Gasteiger partial charge in [0.1, 0.15) is 13.6 Å². The van der Waals surface area contributed by atoms with Gasteiger partial charge in [-0.3, -0.25) is 4.79 Å². The third-order valence-corrected chi connectivity index (χ3v) is 6.97. The van der Waals surface area contributed by atoms with Gasteiger partial charge in [-0.05, 0) is 54.7 Å². The quantitative estimate of drug-likeness (QED) is 0.804. The molecule has 0 radical (unpaired) electrons. The van der Waals surface area contributed by atoms with Gasteiger partial charge in [-0.15, -0.1) is 0 Å². The normalized spacial score (nSPS) is 29.5. The van der Waals surface area contributed by atoms with Crippen molar-refractivity contribution < 1.29 is 23.7 Å². The molecule has 3 fully saturated rings. The van der Waals surface area contributed by atoms with E-state index in [2.05, 4.69) is 26.1 Å². The monoisotopic (exact) mass is 417 g/mol. The molecule has 6 nitrogen and oxygen atoms in total. The molecule has 1 N–H and O–H groups in total. The van der Waals surface area contributed by atoms with E-state index in [0.29, 0.717) is 37.6 Å². The first-order valence-corrected chi connectivity index (χ1v) is 11.1. The van der Waals surface area contributed by atoms with Crippen LogP contribution in [0.3, 0.4) is 0 Å². The highest BCUT2D eigenvalue weighted by Gasteiger charge is 2.46. The molecule has 1 saturated carbocycles. The van der Waals surface area contributed by atoms with E-state index in [1.165, 1.54) is 12.8 Å². The molecule has 1 aromatic rings. The Morgan fingerprint density at radius 2 is 1.53 bits per heavy atom. The molecule has 1 aromatic carbocycles. The number of amides is 1. The fourth-order valence-electron chi connectivity index (χ4n) is 5.07. The minimum Gasteiger partial charge on any atom is -0.355 e. The minimum atomic E-state index is -0.341. The number of hydrogen-bond donors (Lipinski definition) is 1. The van der Waals surface area contributed by atoms with Gasteiger partial charge in [0.15, 0.2) is 0 Å². The van der Waals surface area contributed by atoms with Crippen molar-refractivity contribution in [2.45, 2.75) is 58.6 Å². The third kappa shape index (κ3) is 4.72. The molecule has 166 valence electrons. The molecule has 1 aliphatic carbocycles. The third-order valence-electron chi connectivity index (χ3n) is 6.97. The van der Waals surface area contributed by atoms with Crippen LogP contribution in [-0.2, 0) is 18.9 Å². The predicted molar refractivity (Wildman–Crippen MR) is 113 cm³/mol. The largest absolute Gasteiger partial charge is 0.355 e. The Morgan fingerprint density at radius 3 is 2.13 bits per heavy atom. The number of benzene rings is 1. The van der Waals surface area contributed by atoms with Gasteiger partial charge in [0.2, 0.25) is 0 Å². The molecule has 0 bridgehead atoms. The Labute approximate surface area is 179 Å². The molecule has 2 aliphatic heterocycles. The van der Waals surface area contributed by atoms with Crippen LogP contribution >= 0.6 is 0 Å². The lowest BCUT2D eigenvalue weighted by molar-refractivity contribution is -0.279. The lowest BCUT2D eigenvalue weighted by Gasteiger charge is -2.45. The fraction of sp³-hybridized carbons (Fsp3) is 0.708. The number of carbonyl (C=O) groups excluding carboxylic acids is 1. The average molecular weight is 418 g/mol. The molecule has 3 aliphatic rings. The number of hydrogen-bond acceptors (Lipinski definition) is 5. The van der Waals surface area contributed by atoms with E-state index in [-0.39, 0.29) is 30.3 Å². The lowest BCUT2D eigenvalue weighted by Crippen LogP contribution is -2.49. The zero-order chi connectivity index (χ0) is 21.2. The van der Waals surface area contributed by atoms with Crippen LogP contribution in [0.4, 0.5) is 0 Å². The van der Waals surface area contributed by atoms with Gasteiger partial charge in [0.25, 0.3) is 5.91 Å². The van der Waals surface area contributed by atoms with E-state index in [9.17, 15) is 4.79 Å². The molecule has 1 amide bonds. The van der Waals surface area contributed by atoms with Crippen molar-refractivity contribution in [2.75, 3.05) is 33.4 Å². The molecule has 6 heteroatoms. The van der Waals surface area contributed by atoms with Crippen LogP contribution in [0.5, 0.6) is 0 Å². The maximum Gasteiger partial charge on any atom is 0.251 e. The topological polar surface area (TPSA) is 66.0 Å². The summed E-state index contributed by atoms with van der Waals surface area (Å²) in [5.41, 5.74) is 1.72. The van der Waals surface area contributed by atoms with E-state index >= 15 is 0 Å². The Bertz CT molecular complexity index is 704. The summed E-state index contributed by atoms with van der Waals surface area (Å²) in [4.78, 5) is 12.8. The van der Waals surface area contributed by atoms with Crippen LogP contribution in [0.1, 0.15) is 68.5 Å².